The van der Waals surface area contributed by atoms with Gasteiger partial charge in [-0.05, 0) is 37.5 Å². The van der Waals surface area contributed by atoms with Crippen molar-refractivity contribution >= 4 is 23.5 Å². The molecule has 6 nitrogen and oxygen atoms in total. The standard InChI is InChI=1S/C23H25N3O3/c1-17-6-5-7-18(14-17)15-21(27)24-12-10-19(11-13-24)25-16-22(28)26(23(25)29)20-8-3-2-4-9-20/h2-9,14,19H,10-13,15-16H2,1H3. The molecule has 0 spiro atoms. The molecule has 0 N–H and O–H groups in total. The van der Waals surface area contributed by atoms with Crippen LogP contribution < -0.4 is 4.90 Å². The van der Waals surface area contributed by atoms with E-state index in [1.54, 1.807) is 17.0 Å². The van der Waals surface area contributed by atoms with E-state index in [4.69, 9.17) is 0 Å². The fourth-order valence-electron chi connectivity index (χ4n) is 4.17. The molecule has 29 heavy (non-hydrogen) atoms. The minimum Gasteiger partial charge on any atom is -0.342 e. The number of imide groups is 1. The van der Waals surface area contributed by atoms with Gasteiger partial charge in [0.05, 0.1) is 12.1 Å². The molecule has 0 saturated carbocycles. The predicted molar refractivity (Wildman–Crippen MR) is 111 cm³/mol. The number of nitrogens with zero attached hydrogens (tertiary/aromatic N) is 3. The first-order valence-electron chi connectivity index (χ1n) is 10.0. The zero-order valence-electron chi connectivity index (χ0n) is 16.6. The maximum Gasteiger partial charge on any atom is 0.332 e. The number of carbonyl (C=O) groups excluding carboxylic acids is 3. The summed E-state index contributed by atoms with van der Waals surface area (Å²) in [4.78, 5) is 42.7. The maximum absolute atomic E-state index is 12.9. The average molecular weight is 391 g/mol. The molecule has 0 atom stereocenters. The molecule has 2 aromatic rings. The number of amides is 4. The third-order valence-corrected chi connectivity index (χ3v) is 5.70. The summed E-state index contributed by atoms with van der Waals surface area (Å²) < 4.78 is 0. The molecule has 2 aliphatic heterocycles. The number of hydrogen-bond donors (Lipinski definition) is 0. The second-order valence-corrected chi connectivity index (χ2v) is 7.75. The van der Waals surface area contributed by atoms with Gasteiger partial charge >= 0.3 is 6.03 Å². The van der Waals surface area contributed by atoms with E-state index in [-0.39, 0.29) is 30.4 Å². The second kappa shape index (κ2) is 8.07. The van der Waals surface area contributed by atoms with Crippen molar-refractivity contribution in [2.45, 2.75) is 32.2 Å². The monoisotopic (exact) mass is 391 g/mol. The highest BCUT2D eigenvalue weighted by Gasteiger charge is 2.41. The van der Waals surface area contributed by atoms with E-state index >= 15 is 0 Å². The Morgan fingerprint density at radius 3 is 2.41 bits per heavy atom. The minimum absolute atomic E-state index is 0.0109. The number of piperidine rings is 1. The van der Waals surface area contributed by atoms with Gasteiger partial charge in [0.2, 0.25) is 5.91 Å². The Balaban J connectivity index is 1.35. The van der Waals surface area contributed by atoms with E-state index in [9.17, 15) is 14.4 Å². The third-order valence-electron chi connectivity index (χ3n) is 5.70. The molecule has 0 radical (unpaired) electrons. The molecular formula is C23H25N3O3. The van der Waals surface area contributed by atoms with Crippen molar-refractivity contribution in [1.29, 1.82) is 0 Å². The molecule has 6 heteroatoms. The molecule has 0 bridgehead atoms. The fraction of sp³-hybridized carbons (Fsp3) is 0.348. The Kier molecular flexibility index (Phi) is 5.34. The first-order valence-corrected chi connectivity index (χ1v) is 10.0. The van der Waals surface area contributed by atoms with Crippen LogP contribution in [0.25, 0.3) is 0 Å². The number of urea groups is 1. The maximum atomic E-state index is 12.9. The molecule has 2 saturated heterocycles. The van der Waals surface area contributed by atoms with Gasteiger partial charge in [-0.2, -0.15) is 0 Å². The summed E-state index contributed by atoms with van der Waals surface area (Å²) in [6, 6.07) is 16.8. The quantitative estimate of drug-likeness (QED) is 0.753. The van der Waals surface area contributed by atoms with Crippen LogP contribution in [0.15, 0.2) is 54.6 Å². The van der Waals surface area contributed by atoms with Crippen molar-refractivity contribution in [1.82, 2.24) is 9.80 Å². The van der Waals surface area contributed by atoms with E-state index in [1.807, 2.05) is 54.3 Å². The highest BCUT2D eigenvalue weighted by atomic mass is 16.2. The highest BCUT2D eigenvalue weighted by Crippen LogP contribution is 2.26. The number of anilines is 1. The SMILES string of the molecule is Cc1cccc(CC(=O)N2CCC(N3CC(=O)N(c4ccccc4)C3=O)CC2)c1. The lowest BCUT2D eigenvalue weighted by atomic mass is 10.0. The molecular weight excluding hydrogens is 366 g/mol. The van der Waals surface area contributed by atoms with Crippen molar-refractivity contribution in [2.75, 3.05) is 24.5 Å². The summed E-state index contributed by atoms with van der Waals surface area (Å²) in [5.41, 5.74) is 2.78. The van der Waals surface area contributed by atoms with Gasteiger partial charge in [-0.15, -0.1) is 0 Å². The van der Waals surface area contributed by atoms with Crippen LogP contribution >= 0.6 is 0 Å². The van der Waals surface area contributed by atoms with Crippen LogP contribution in [-0.2, 0) is 16.0 Å². The zero-order chi connectivity index (χ0) is 20.4. The Labute approximate surface area is 170 Å². The van der Waals surface area contributed by atoms with Gasteiger partial charge in [-0.1, -0.05) is 48.0 Å². The van der Waals surface area contributed by atoms with Crippen LogP contribution in [0.2, 0.25) is 0 Å². The van der Waals surface area contributed by atoms with Crippen LogP contribution in [0, 0.1) is 6.92 Å². The average Bonchev–Trinajstić information content (AvgIpc) is 3.03. The topological polar surface area (TPSA) is 60.9 Å². The number of benzene rings is 2. The summed E-state index contributed by atoms with van der Waals surface area (Å²) in [5, 5.41) is 0. The Morgan fingerprint density at radius 1 is 1.00 bits per heavy atom. The lowest BCUT2D eigenvalue weighted by Gasteiger charge is -2.36. The largest absolute Gasteiger partial charge is 0.342 e. The molecule has 0 aromatic heterocycles. The van der Waals surface area contributed by atoms with Gasteiger partial charge in [0, 0.05) is 19.1 Å². The molecule has 2 aromatic carbocycles. The van der Waals surface area contributed by atoms with Crippen LogP contribution in [0.5, 0.6) is 0 Å². The van der Waals surface area contributed by atoms with E-state index in [0.29, 0.717) is 38.0 Å². The van der Waals surface area contributed by atoms with Gasteiger partial charge in [0.25, 0.3) is 5.91 Å². The molecule has 0 aliphatic carbocycles. The summed E-state index contributed by atoms with van der Waals surface area (Å²) in [6.07, 6.45) is 1.79. The van der Waals surface area contributed by atoms with Gasteiger partial charge < -0.3 is 9.80 Å². The molecule has 4 rings (SSSR count). The second-order valence-electron chi connectivity index (χ2n) is 7.75. The summed E-state index contributed by atoms with van der Waals surface area (Å²) in [6.45, 7) is 3.35. The summed E-state index contributed by atoms with van der Waals surface area (Å²) in [5.74, 6) is -0.0806. The van der Waals surface area contributed by atoms with Gasteiger partial charge in [-0.3, -0.25) is 9.59 Å². The summed E-state index contributed by atoms with van der Waals surface area (Å²) >= 11 is 0. The lowest BCUT2D eigenvalue weighted by Crippen LogP contribution is -2.48. The lowest BCUT2D eigenvalue weighted by molar-refractivity contribution is -0.132. The third kappa shape index (κ3) is 4.01. The number of likely N-dealkylation sites (tertiary alicyclic amines) is 1. The van der Waals surface area contributed by atoms with Crippen molar-refractivity contribution in [3.8, 4) is 0 Å². The van der Waals surface area contributed by atoms with Crippen molar-refractivity contribution in [2.24, 2.45) is 0 Å². The molecule has 2 fully saturated rings. The minimum atomic E-state index is -0.259. The molecule has 0 unspecified atom stereocenters. The predicted octanol–water partition coefficient (Wildman–Crippen LogP) is 3.00. The Hall–Kier alpha value is -3.15. The van der Waals surface area contributed by atoms with Crippen molar-refractivity contribution in [3.05, 3.63) is 65.7 Å². The van der Waals surface area contributed by atoms with Gasteiger partial charge in [0.15, 0.2) is 0 Å². The smallest absolute Gasteiger partial charge is 0.332 e. The fourth-order valence-corrected chi connectivity index (χ4v) is 4.17. The summed E-state index contributed by atoms with van der Waals surface area (Å²) in [7, 11) is 0. The van der Waals surface area contributed by atoms with Crippen LogP contribution in [0.3, 0.4) is 0 Å². The van der Waals surface area contributed by atoms with Crippen molar-refractivity contribution < 1.29 is 14.4 Å². The Bertz CT molecular complexity index is 920. The first kappa shape index (κ1) is 19.2. The van der Waals surface area contributed by atoms with Crippen LogP contribution in [0.1, 0.15) is 24.0 Å². The van der Waals surface area contributed by atoms with Crippen LogP contribution in [0.4, 0.5) is 10.5 Å². The van der Waals surface area contributed by atoms with Crippen LogP contribution in [-0.4, -0.2) is 53.3 Å². The number of aryl methyl sites for hydroxylation is 1. The molecule has 4 amide bonds. The number of carbonyl (C=O) groups is 3. The van der Waals surface area contributed by atoms with E-state index in [1.165, 1.54) is 4.90 Å². The number of para-hydroxylation sites is 1. The van der Waals surface area contributed by atoms with Gasteiger partial charge in [0.1, 0.15) is 6.54 Å². The van der Waals surface area contributed by atoms with E-state index in [2.05, 4.69) is 0 Å². The Morgan fingerprint density at radius 2 is 1.72 bits per heavy atom. The number of hydrogen-bond acceptors (Lipinski definition) is 3. The zero-order valence-corrected chi connectivity index (χ0v) is 16.6. The molecule has 2 heterocycles. The normalized spacial score (nSPS) is 17.9. The molecule has 2 aliphatic rings. The molecule has 150 valence electrons. The van der Waals surface area contributed by atoms with E-state index in [0.717, 1.165) is 11.1 Å². The van der Waals surface area contributed by atoms with E-state index < -0.39 is 0 Å². The highest BCUT2D eigenvalue weighted by molar-refractivity contribution is 6.19. The first-order chi connectivity index (χ1) is 14.0. The number of rotatable bonds is 4. The van der Waals surface area contributed by atoms with Crippen molar-refractivity contribution in [3.63, 3.8) is 0 Å². The van der Waals surface area contributed by atoms with Gasteiger partial charge in [-0.25, -0.2) is 9.69 Å².